The maximum absolute atomic E-state index is 9.74. The third-order valence-electron chi connectivity index (χ3n) is 2.92. The van der Waals surface area contributed by atoms with Crippen molar-refractivity contribution >= 4 is 11.3 Å². The number of β-amino-alcohol motifs (C(OH)–C–C–N with tert-alkyl or cyclic N) is 1. The summed E-state index contributed by atoms with van der Waals surface area (Å²) in [5, 5.41) is 9.74. The lowest BCUT2D eigenvalue weighted by atomic mass is 10.2. The summed E-state index contributed by atoms with van der Waals surface area (Å²) in [5.41, 5.74) is 1.86. The van der Waals surface area contributed by atoms with Crippen LogP contribution in [-0.4, -0.2) is 59.2 Å². The highest BCUT2D eigenvalue weighted by Gasteiger charge is 2.31. The van der Waals surface area contributed by atoms with Crippen LogP contribution < -0.4 is 0 Å². The van der Waals surface area contributed by atoms with Crippen LogP contribution in [-0.2, 0) is 6.54 Å². The van der Waals surface area contributed by atoms with Gasteiger partial charge >= 0.3 is 0 Å². The van der Waals surface area contributed by atoms with Gasteiger partial charge in [-0.25, -0.2) is 0 Å². The van der Waals surface area contributed by atoms with Gasteiger partial charge < -0.3 is 10.0 Å². The number of nitrogens with zero attached hydrogens (tertiary/aromatic N) is 3. The molecule has 0 amide bonds. The highest BCUT2D eigenvalue weighted by molar-refractivity contribution is 7.09. The fourth-order valence-corrected chi connectivity index (χ4v) is 2.90. The van der Waals surface area contributed by atoms with Gasteiger partial charge in [-0.1, -0.05) is 0 Å². The fourth-order valence-electron chi connectivity index (χ4n) is 2.28. The van der Waals surface area contributed by atoms with Crippen LogP contribution in [0.15, 0.2) is 11.7 Å². The maximum atomic E-state index is 9.74. The summed E-state index contributed by atoms with van der Waals surface area (Å²) in [7, 11) is 4.16. The minimum atomic E-state index is -0.169. The normalized spacial score (nSPS) is 26.8. The second-order valence-corrected chi connectivity index (χ2v) is 5.67. The lowest BCUT2D eigenvalue weighted by molar-refractivity contribution is 0.170. The van der Waals surface area contributed by atoms with Gasteiger partial charge in [-0.15, -0.1) is 11.3 Å². The summed E-state index contributed by atoms with van der Waals surface area (Å²) < 4.78 is 0. The van der Waals surface area contributed by atoms with Crippen molar-refractivity contribution in [3.8, 4) is 0 Å². The van der Waals surface area contributed by atoms with Gasteiger partial charge in [0.25, 0.3) is 0 Å². The Balaban J connectivity index is 1.95. The van der Waals surface area contributed by atoms with Crippen molar-refractivity contribution in [1.29, 1.82) is 0 Å². The van der Waals surface area contributed by atoms with Crippen LogP contribution >= 0.6 is 11.3 Å². The molecule has 4 nitrogen and oxygen atoms in total. The molecule has 0 radical (unpaired) electrons. The van der Waals surface area contributed by atoms with Crippen molar-refractivity contribution in [1.82, 2.24) is 14.8 Å². The van der Waals surface area contributed by atoms with Gasteiger partial charge in [-0.3, -0.25) is 9.88 Å². The number of thiazole rings is 1. The summed E-state index contributed by atoms with van der Waals surface area (Å²) in [5.74, 6) is 0. The lowest BCUT2D eigenvalue weighted by Gasteiger charge is -2.25. The van der Waals surface area contributed by atoms with Gasteiger partial charge in [0, 0.05) is 36.8 Å². The van der Waals surface area contributed by atoms with Crippen LogP contribution in [0.1, 0.15) is 11.3 Å². The molecule has 1 N–H and O–H groups in total. The zero-order chi connectivity index (χ0) is 11.5. The summed E-state index contributed by atoms with van der Waals surface area (Å²) in [6, 6.07) is 0.465. The predicted molar refractivity (Wildman–Crippen MR) is 65.5 cm³/mol. The first kappa shape index (κ1) is 12.0. The number of aromatic nitrogens is 1. The van der Waals surface area contributed by atoms with E-state index in [0.717, 1.165) is 26.1 Å². The van der Waals surface area contributed by atoms with Crippen LogP contribution in [0.2, 0.25) is 0 Å². The van der Waals surface area contributed by atoms with E-state index in [4.69, 9.17) is 0 Å². The minimum absolute atomic E-state index is 0.169. The molecule has 1 aliphatic rings. The second kappa shape index (κ2) is 5.23. The van der Waals surface area contributed by atoms with Crippen molar-refractivity contribution in [2.45, 2.75) is 25.1 Å². The Kier molecular flexibility index (Phi) is 3.91. The van der Waals surface area contributed by atoms with E-state index in [2.05, 4.69) is 28.9 Å². The van der Waals surface area contributed by atoms with Gasteiger partial charge in [0.2, 0.25) is 0 Å². The molecule has 16 heavy (non-hydrogen) atoms. The number of rotatable bonds is 4. The van der Waals surface area contributed by atoms with E-state index >= 15 is 0 Å². The largest absolute Gasteiger partial charge is 0.392 e. The van der Waals surface area contributed by atoms with Crippen molar-refractivity contribution in [3.05, 3.63) is 16.6 Å². The molecule has 2 heterocycles. The Bertz CT molecular complexity index is 315. The summed E-state index contributed by atoms with van der Waals surface area (Å²) in [4.78, 5) is 9.91. The minimum Gasteiger partial charge on any atom is -0.392 e. The van der Waals surface area contributed by atoms with E-state index in [9.17, 15) is 5.11 Å². The van der Waals surface area contributed by atoms with Gasteiger partial charge in [-0.05, 0) is 20.5 Å². The molecule has 2 rings (SSSR count). The molecule has 0 spiro atoms. The molecule has 0 aromatic carbocycles. The highest BCUT2D eigenvalue weighted by Crippen LogP contribution is 2.22. The van der Waals surface area contributed by atoms with Gasteiger partial charge in [0.05, 0.1) is 11.6 Å². The Morgan fingerprint density at radius 2 is 2.44 bits per heavy atom. The summed E-state index contributed by atoms with van der Waals surface area (Å²) >= 11 is 1.68. The first-order valence-electron chi connectivity index (χ1n) is 5.59. The van der Waals surface area contributed by atoms with Crippen molar-refractivity contribution < 1.29 is 5.11 Å². The van der Waals surface area contributed by atoms with Crippen molar-refractivity contribution in [2.75, 3.05) is 27.2 Å². The van der Waals surface area contributed by atoms with E-state index < -0.39 is 0 Å². The topological polar surface area (TPSA) is 39.6 Å². The zero-order valence-electron chi connectivity index (χ0n) is 9.83. The number of hydrogen-bond acceptors (Lipinski definition) is 5. The Hall–Kier alpha value is -0.490. The third-order valence-corrected chi connectivity index (χ3v) is 3.69. The standard InChI is InChI=1S/C11H19N3OS/c1-13(2)5-9-3-10(15)6-14(9)7-11-4-12-8-16-11/h4,8-10,15H,3,5-7H2,1-2H3. The van der Waals surface area contributed by atoms with Crippen LogP contribution in [0.4, 0.5) is 0 Å². The SMILES string of the molecule is CN(C)CC1CC(O)CN1Cc1cncs1. The molecular formula is C11H19N3OS. The van der Waals surface area contributed by atoms with Crippen LogP contribution in [0.25, 0.3) is 0 Å². The third kappa shape index (κ3) is 3.01. The average molecular weight is 241 g/mol. The molecule has 2 unspecified atom stereocenters. The van der Waals surface area contributed by atoms with Crippen molar-refractivity contribution in [3.63, 3.8) is 0 Å². The quantitative estimate of drug-likeness (QED) is 0.840. The summed E-state index contributed by atoms with van der Waals surface area (Å²) in [6.07, 6.45) is 2.64. The first-order chi connectivity index (χ1) is 7.65. The molecule has 90 valence electrons. The monoisotopic (exact) mass is 241 g/mol. The molecule has 1 aromatic rings. The Morgan fingerprint density at radius 3 is 3.06 bits per heavy atom. The zero-order valence-corrected chi connectivity index (χ0v) is 10.7. The average Bonchev–Trinajstić information content (AvgIpc) is 2.77. The number of aliphatic hydroxyl groups is 1. The molecule has 0 bridgehead atoms. The lowest BCUT2D eigenvalue weighted by Crippen LogP contribution is -2.36. The molecular weight excluding hydrogens is 222 g/mol. The highest BCUT2D eigenvalue weighted by atomic mass is 32.1. The number of likely N-dealkylation sites (N-methyl/N-ethyl adjacent to an activating group) is 1. The number of aliphatic hydroxyl groups excluding tert-OH is 1. The molecule has 1 saturated heterocycles. The van der Waals surface area contributed by atoms with Gasteiger partial charge in [0.1, 0.15) is 0 Å². The molecule has 1 aliphatic heterocycles. The molecule has 1 fully saturated rings. The molecule has 0 aliphatic carbocycles. The fraction of sp³-hybridized carbons (Fsp3) is 0.727. The number of likely N-dealkylation sites (tertiary alicyclic amines) is 1. The van der Waals surface area contributed by atoms with E-state index in [-0.39, 0.29) is 6.10 Å². The van der Waals surface area contributed by atoms with Crippen LogP contribution in [0, 0.1) is 0 Å². The first-order valence-corrected chi connectivity index (χ1v) is 6.47. The van der Waals surface area contributed by atoms with Crippen molar-refractivity contribution in [2.24, 2.45) is 0 Å². The summed E-state index contributed by atoms with van der Waals surface area (Å²) in [6.45, 7) is 2.71. The molecule has 1 aromatic heterocycles. The van der Waals surface area contributed by atoms with Crippen LogP contribution in [0.3, 0.4) is 0 Å². The van der Waals surface area contributed by atoms with Crippen LogP contribution in [0.5, 0.6) is 0 Å². The smallest absolute Gasteiger partial charge is 0.0794 e. The van der Waals surface area contributed by atoms with E-state index in [0.29, 0.717) is 6.04 Å². The molecule has 0 saturated carbocycles. The Labute approximate surface area is 101 Å². The second-order valence-electron chi connectivity index (χ2n) is 4.70. The Morgan fingerprint density at radius 1 is 1.62 bits per heavy atom. The molecule has 5 heteroatoms. The van der Waals surface area contributed by atoms with Gasteiger partial charge in [0.15, 0.2) is 0 Å². The van der Waals surface area contributed by atoms with E-state index in [1.54, 1.807) is 11.3 Å². The predicted octanol–water partition coefficient (Wildman–Crippen LogP) is 0.640. The van der Waals surface area contributed by atoms with E-state index in [1.165, 1.54) is 4.88 Å². The number of hydrogen-bond donors (Lipinski definition) is 1. The van der Waals surface area contributed by atoms with E-state index in [1.807, 2.05) is 11.7 Å². The molecule has 2 atom stereocenters. The maximum Gasteiger partial charge on any atom is 0.0794 e. The van der Waals surface area contributed by atoms with Gasteiger partial charge in [-0.2, -0.15) is 0 Å².